The van der Waals surface area contributed by atoms with Crippen LogP contribution in [0.5, 0.6) is 0 Å². The third-order valence-electron chi connectivity index (χ3n) is 3.62. The van der Waals surface area contributed by atoms with E-state index in [4.69, 9.17) is 0 Å². The van der Waals surface area contributed by atoms with Gasteiger partial charge in [-0.2, -0.15) is 0 Å². The van der Waals surface area contributed by atoms with Crippen LogP contribution in [0.3, 0.4) is 0 Å². The second kappa shape index (κ2) is 7.89. The lowest BCUT2D eigenvalue weighted by Crippen LogP contribution is -2.27. The Hall–Kier alpha value is -0.300. The third kappa shape index (κ3) is 5.69. The Morgan fingerprint density at radius 1 is 1.06 bits per heavy atom. The minimum Gasteiger partial charge on any atom is -0.386 e. The van der Waals surface area contributed by atoms with E-state index in [2.05, 4.69) is 13.0 Å². The molecule has 1 aliphatic carbocycles. The van der Waals surface area contributed by atoms with Crippen molar-refractivity contribution in [1.29, 1.82) is 0 Å². The molecule has 0 aromatic rings. The Kier molecular flexibility index (Phi) is 6.79. The second-order valence-electron chi connectivity index (χ2n) is 5.27. The van der Waals surface area contributed by atoms with Gasteiger partial charge in [0.1, 0.15) is 0 Å². The molecular formula is C15H28O. The monoisotopic (exact) mass is 224 g/mol. The molecule has 0 heterocycles. The van der Waals surface area contributed by atoms with Crippen LogP contribution >= 0.6 is 0 Å². The fraction of sp³-hybridized carbons (Fsp3) is 0.867. The first-order valence-corrected chi connectivity index (χ1v) is 7.17. The van der Waals surface area contributed by atoms with E-state index in [1.54, 1.807) is 0 Å². The lowest BCUT2D eigenvalue weighted by atomic mass is 9.86. The SMILES string of the molecule is CCCCCCCCCC1(O)C=CCCC1. The van der Waals surface area contributed by atoms with E-state index >= 15 is 0 Å². The zero-order valence-corrected chi connectivity index (χ0v) is 10.9. The first-order valence-electron chi connectivity index (χ1n) is 7.17. The lowest BCUT2D eigenvalue weighted by Gasteiger charge is -2.27. The highest BCUT2D eigenvalue weighted by Gasteiger charge is 2.23. The van der Waals surface area contributed by atoms with Crippen molar-refractivity contribution in [2.75, 3.05) is 0 Å². The molecule has 0 fully saturated rings. The Bertz CT molecular complexity index is 198. The van der Waals surface area contributed by atoms with Crippen LogP contribution in [0.4, 0.5) is 0 Å². The van der Waals surface area contributed by atoms with E-state index in [9.17, 15) is 5.11 Å². The first-order chi connectivity index (χ1) is 7.77. The molecular weight excluding hydrogens is 196 g/mol. The van der Waals surface area contributed by atoms with Gasteiger partial charge < -0.3 is 5.11 Å². The van der Waals surface area contributed by atoms with Gasteiger partial charge in [-0.25, -0.2) is 0 Å². The van der Waals surface area contributed by atoms with Gasteiger partial charge in [0, 0.05) is 0 Å². The predicted molar refractivity (Wildman–Crippen MR) is 70.6 cm³/mol. The summed E-state index contributed by atoms with van der Waals surface area (Å²) in [5.41, 5.74) is -0.457. The predicted octanol–water partition coefficient (Wildman–Crippen LogP) is 4.60. The van der Waals surface area contributed by atoms with Crippen LogP contribution < -0.4 is 0 Å². The number of aliphatic hydroxyl groups is 1. The van der Waals surface area contributed by atoms with Gasteiger partial charge in [-0.1, -0.05) is 64.0 Å². The van der Waals surface area contributed by atoms with E-state index in [1.807, 2.05) is 6.08 Å². The highest BCUT2D eigenvalue weighted by Crippen LogP contribution is 2.27. The van der Waals surface area contributed by atoms with Crippen LogP contribution in [-0.2, 0) is 0 Å². The minimum absolute atomic E-state index is 0.457. The maximum absolute atomic E-state index is 10.2. The second-order valence-corrected chi connectivity index (χ2v) is 5.27. The maximum Gasteiger partial charge on any atom is 0.0827 e. The van der Waals surface area contributed by atoms with Crippen LogP contribution in [0.1, 0.15) is 77.6 Å². The molecule has 1 nitrogen and oxygen atoms in total. The summed E-state index contributed by atoms with van der Waals surface area (Å²) < 4.78 is 0. The summed E-state index contributed by atoms with van der Waals surface area (Å²) in [6.07, 6.45) is 17.7. The van der Waals surface area contributed by atoms with Gasteiger partial charge in [-0.05, 0) is 25.7 Å². The Morgan fingerprint density at radius 2 is 1.75 bits per heavy atom. The molecule has 1 heteroatoms. The third-order valence-corrected chi connectivity index (χ3v) is 3.62. The van der Waals surface area contributed by atoms with Crippen molar-refractivity contribution in [1.82, 2.24) is 0 Å². The average molecular weight is 224 g/mol. The van der Waals surface area contributed by atoms with Crippen LogP contribution in [0.2, 0.25) is 0 Å². The molecule has 0 radical (unpaired) electrons. The number of hydrogen-bond donors (Lipinski definition) is 1. The highest BCUT2D eigenvalue weighted by atomic mass is 16.3. The minimum atomic E-state index is -0.457. The highest BCUT2D eigenvalue weighted by molar-refractivity contribution is 5.04. The Labute approximate surface area is 101 Å². The largest absolute Gasteiger partial charge is 0.386 e. The molecule has 0 aromatic heterocycles. The van der Waals surface area contributed by atoms with Crippen molar-refractivity contribution >= 4 is 0 Å². The summed E-state index contributed by atoms with van der Waals surface area (Å²) >= 11 is 0. The van der Waals surface area contributed by atoms with Gasteiger partial charge in [-0.3, -0.25) is 0 Å². The Balaban J connectivity index is 1.98. The summed E-state index contributed by atoms with van der Waals surface area (Å²) in [6.45, 7) is 2.25. The normalized spacial score (nSPS) is 24.9. The number of allylic oxidation sites excluding steroid dienone is 1. The van der Waals surface area contributed by atoms with Crippen molar-refractivity contribution < 1.29 is 5.11 Å². The molecule has 0 amide bonds. The van der Waals surface area contributed by atoms with E-state index in [0.29, 0.717) is 0 Å². The van der Waals surface area contributed by atoms with Crippen molar-refractivity contribution in [3.8, 4) is 0 Å². The van der Waals surface area contributed by atoms with Crippen LogP contribution in [-0.4, -0.2) is 10.7 Å². The fourth-order valence-electron chi connectivity index (χ4n) is 2.51. The molecule has 1 aliphatic rings. The molecule has 94 valence electrons. The van der Waals surface area contributed by atoms with E-state index in [1.165, 1.54) is 44.9 Å². The van der Waals surface area contributed by atoms with Gasteiger partial charge in [0.2, 0.25) is 0 Å². The molecule has 1 N–H and O–H groups in total. The van der Waals surface area contributed by atoms with Gasteiger partial charge in [-0.15, -0.1) is 0 Å². The summed E-state index contributed by atoms with van der Waals surface area (Å²) in [6, 6.07) is 0. The molecule has 1 atom stereocenters. The quantitative estimate of drug-likeness (QED) is 0.472. The molecule has 0 spiro atoms. The summed E-state index contributed by atoms with van der Waals surface area (Å²) in [7, 11) is 0. The summed E-state index contributed by atoms with van der Waals surface area (Å²) in [4.78, 5) is 0. The van der Waals surface area contributed by atoms with E-state index in [-0.39, 0.29) is 0 Å². The van der Waals surface area contributed by atoms with Crippen molar-refractivity contribution in [2.24, 2.45) is 0 Å². The molecule has 16 heavy (non-hydrogen) atoms. The summed E-state index contributed by atoms with van der Waals surface area (Å²) in [5.74, 6) is 0. The number of rotatable bonds is 8. The van der Waals surface area contributed by atoms with Crippen LogP contribution in [0, 0.1) is 0 Å². The molecule has 1 unspecified atom stereocenters. The molecule has 0 aliphatic heterocycles. The lowest BCUT2D eigenvalue weighted by molar-refractivity contribution is 0.0628. The molecule has 0 saturated carbocycles. The average Bonchev–Trinajstić information content (AvgIpc) is 2.29. The van der Waals surface area contributed by atoms with Gasteiger partial charge in [0.25, 0.3) is 0 Å². The zero-order valence-electron chi connectivity index (χ0n) is 10.9. The fourth-order valence-corrected chi connectivity index (χ4v) is 2.51. The van der Waals surface area contributed by atoms with Gasteiger partial charge >= 0.3 is 0 Å². The van der Waals surface area contributed by atoms with Gasteiger partial charge in [0.05, 0.1) is 5.60 Å². The number of unbranched alkanes of at least 4 members (excludes halogenated alkanes) is 6. The molecule has 0 aromatic carbocycles. The van der Waals surface area contributed by atoms with Crippen molar-refractivity contribution in [3.05, 3.63) is 12.2 Å². The Morgan fingerprint density at radius 3 is 2.38 bits per heavy atom. The molecule has 0 saturated heterocycles. The van der Waals surface area contributed by atoms with Crippen LogP contribution in [0.25, 0.3) is 0 Å². The van der Waals surface area contributed by atoms with Gasteiger partial charge in [0.15, 0.2) is 0 Å². The van der Waals surface area contributed by atoms with Crippen molar-refractivity contribution in [3.63, 3.8) is 0 Å². The summed E-state index contributed by atoms with van der Waals surface area (Å²) in [5, 5.41) is 10.2. The maximum atomic E-state index is 10.2. The smallest absolute Gasteiger partial charge is 0.0827 e. The molecule has 0 bridgehead atoms. The molecule has 1 rings (SSSR count). The zero-order chi connectivity index (χ0) is 11.7. The topological polar surface area (TPSA) is 20.2 Å². The van der Waals surface area contributed by atoms with Crippen molar-refractivity contribution in [2.45, 2.75) is 83.2 Å². The first kappa shape index (κ1) is 13.8. The van der Waals surface area contributed by atoms with E-state index in [0.717, 1.165) is 25.7 Å². The van der Waals surface area contributed by atoms with Crippen LogP contribution in [0.15, 0.2) is 12.2 Å². The van der Waals surface area contributed by atoms with E-state index < -0.39 is 5.60 Å². The standard InChI is InChI=1S/C15H28O/c1-2-3-4-5-6-7-9-12-15(16)13-10-8-11-14-15/h10,13,16H,2-9,11-12,14H2,1H3. The number of hydrogen-bond acceptors (Lipinski definition) is 1.